The van der Waals surface area contributed by atoms with Gasteiger partial charge in [0.25, 0.3) is 0 Å². The molecule has 0 saturated heterocycles. The van der Waals surface area contributed by atoms with Crippen LogP contribution < -0.4 is 4.74 Å². The highest BCUT2D eigenvalue weighted by molar-refractivity contribution is 5.16. The number of aromatic nitrogens is 1. The van der Waals surface area contributed by atoms with Gasteiger partial charge in [0.05, 0.1) is 18.9 Å². The van der Waals surface area contributed by atoms with Crippen LogP contribution in [0.2, 0.25) is 0 Å². The molecule has 72 valence electrons. The van der Waals surface area contributed by atoms with Gasteiger partial charge < -0.3 is 4.74 Å². The molecule has 14 heavy (non-hydrogen) atoms. The molecule has 1 saturated carbocycles. The minimum absolute atomic E-state index is 0.143. The van der Waals surface area contributed by atoms with E-state index in [-0.39, 0.29) is 5.41 Å². The van der Waals surface area contributed by atoms with E-state index in [4.69, 9.17) is 10.00 Å². The van der Waals surface area contributed by atoms with Crippen LogP contribution in [0.5, 0.6) is 5.75 Å². The highest BCUT2D eigenvalue weighted by atomic mass is 16.5. The molecule has 0 aliphatic heterocycles. The second-order valence-electron chi connectivity index (χ2n) is 3.81. The summed E-state index contributed by atoms with van der Waals surface area (Å²) in [5.41, 5.74) is 0.143. The first-order chi connectivity index (χ1) is 6.85. The predicted octanol–water partition coefficient (Wildman–Crippen LogP) is 2.15. The summed E-state index contributed by atoms with van der Waals surface area (Å²) in [5, 5.41) is 8.62. The molecular weight excluding hydrogens is 176 g/mol. The topological polar surface area (TPSA) is 45.9 Å². The van der Waals surface area contributed by atoms with E-state index in [1.807, 2.05) is 12.1 Å². The number of rotatable bonds is 4. The summed E-state index contributed by atoms with van der Waals surface area (Å²) in [4.78, 5) is 3.96. The van der Waals surface area contributed by atoms with Crippen molar-refractivity contribution in [3.05, 3.63) is 24.5 Å². The van der Waals surface area contributed by atoms with E-state index in [1.54, 1.807) is 12.4 Å². The monoisotopic (exact) mass is 188 g/mol. The van der Waals surface area contributed by atoms with Gasteiger partial charge in [-0.3, -0.25) is 4.98 Å². The van der Waals surface area contributed by atoms with Crippen LogP contribution in [0.15, 0.2) is 24.5 Å². The van der Waals surface area contributed by atoms with Gasteiger partial charge in [-0.05, 0) is 25.0 Å². The molecule has 0 N–H and O–H groups in total. The van der Waals surface area contributed by atoms with Gasteiger partial charge in [-0.25, -0.2) is 0 Å². The van der Waals surface area contributed by atoms with Gasteiger partial charge in [-0.15, -0.1) is 0 Å². The maximum Gasteiger partial charge on any atom is 0.137 e. The Balaban J connectivity index is 1.87. The fraction of sp³-hybridized carbons (Fsp3) is 0.455. The quantitative estimate of drug-likeness (QED) is 0.727. The Hall–Kier alpha value is -1.56. The van der Waals surface area contributed by atoms with E-state index < -0.39 is 0 Å². The lowest BCUT2D eigenvalue weighted by atomic mass is 10.1. The Morgan fingerprint density at radius 1 is 1.57 bits per heavy atom. The molecule has 0 atom stereocenters. The van der Waals surface area contributed by atoms with Crippen LogP contribution in [-0.2, 0) is 0 Å². The number of hydrogen-bond acceptors (Lipinski definition) is 3. The van der Waals surface area contributed by atoms with Gasteiger partial charge in [0.15, 0.2) is 0 Å². The molecule has 1 aliphatic rings. The van der Waals surface area contributed by atoms with Crippen LogP contribution >= 0.6 is 0 Å². The standard InChI is InChI=1S/C11H12N2O/c12-6-5-11(3-4-11)9-14-10-2-1-7-13-8-10/h1-2,7-8H,3-5,9H2. The van der Waals surface area contributed by atoms with Crippen molar-refractivity contribution in [3.8, 4) is 11.8 Å². The van der Waals surface area contributed by atoms with Crippen molar-refractivity contribution < 1.29 is 4.74 Å². The summed E-state index contributed by atoms with van der Waals surface area (Å²) in [5.74, 6) is 0.789. The van der Waals surface area contributed by atoms with Crippen LogP contribution in [0.1, 0.15) is 19.3 Å². The fourth-order valence-electron chi connectivity index (χ4n) is 1.39. The lowest BCUT2D eigenvalue weighted by Gasteiger charge is -2.11. The van der Waals surface area contributed by atoms with E-state index in [1.165, 1.54) is 0 Å². The number of nitrogens with zero attached hydrogens (tertiary/aromatic N) is 2. The molecule has 1 heterocycles. The smallest absolute Gasteiger partial charge is 0.137 e. The maximum absolute atomic E-state index is 8.62. The SMILES string of the molecule is N#CCC1(COc2cccnc2)CC1. The molecule has 3 heteroatoms. The zero-order chi connectivity index (χ0) is 9.86. The minimum Gasteiger partial charge on any atom is -0.491 e. The zero-order valence-corrected chi connectivity index (χ0v) is 7.94. The van der Waals surface area contributed by atoms with Crippen LogP contribution in [0, 0.1) is 16.7 Å². The molecule has 0 unspecified atom stereocenters. The maximum atomic E-state index is 8.62. The summed E-state index contributed by atoms with van der Waals surface area (Å²) in [6, 6.07) is 5.94. The molecule has 1 aliphatic carbocycles. The highest BCUT2D eigenvalue weighted by Crippen LogP contribution is 2.48. The van der Waals surface area contributed by atoms with Crippen LogP contribution in [0.3, 0.4) is 0 Å². The van der Waals surface area contributed by atoms with Gasteiger partial charge in [0, 0.05) is 18.0 Å². The third kappa shape index (κ3) is 2.02. The van der Waals surface area contributed by atoms with Crippen LogP contribution in [-0.4, -0.2) is 11.6 Å². The van der Waals surface area contributed by atoms with Crippen molar-refractivity contribution in [2.45, 2.75) is 19.3 Å². The molecule has 0 aromatic carbocycles. The third-order valence-electron chi connectivity index (χ3n) is 2.59. The summed E-state index contributed by atoms with van der Waals surface area (Å²) in [6.07, 6.45) is 6.24. The zero-order valence-electron chi connectivity index (χ0n) is 7.94. The predicted molar refractivity (Wildman–Crippen MR) is 51.6 cm³/mol. The number of hydrogen-bond donors (Lipinski definition) is 0. The Morgan fingerprint density at radius 3 is 3.00 bits per heavy atom. The van der Waals surface area contributed by atoms with Crippen molar-refractivity contribution in [1.82, 2.24) is 4.98 Å². The minimum atomic E-state index is 0.143. The molecule has 0 bridgehead atoms. The van der Waals surface area contributed by atoms with E-state index in [0.717, 1.165) is 18.6 Å². The van der Waals surface area contributed by atoms with E-state index in [9.17, 15) is 0 Å². The van der Waals surface area contributed by atoms with Crippen molar-refractivity contribution in [3.63, 3.8) is 0 Å². The first-order valence-electron chi connectivity index (χ1n) is 4.74. The van der Waals surface area contributed by atoms with Gasteiger partial charge in [0.2, 0.25) is 0 Å². The molecule has 0 radical (unpaired) electrons. The lowest BCUT2D eigenvalue weighted by Crippen LogP contribution is -2.12. The Labute approximate surface area is 83.3 Å². The Morgan fingerprint density at radius 2 is 2.43 bits per heavy atom. The van der Waals surface area contributed by atoms with Crippen molar-refractivity contribution >= 4 is 0 Å². The summed E-state index contributed by atoms with van der Waals surface area (Å²) >= 11 is 0. The Kier molecular flexibility index (Phi) is 2.36. The van der Waals surface area contributed by atoms with Gasteiger partial charge in [-0.2, -0.15) is 5.26 Å². The average Bonchev–Trinajstić information content (AvgIpc) is 2.98. The molecule has 0 spiro atoms. The third-order valence-corrected chi connectivity index (χ3v) is 2.59. The van der Waals surface area contributed by atoms with Crippen molar-refractivity contribution in [1.29, 1.82) is 5.26 Å². The highest BCUT2D eigenvalue weighted by Gasteiger charge is 2.43. The second-order valence-corrected chi connectivity index (χ2v) is 3.81. The lowest BCUT2D eigenvalue weighted by molar-refractivity contribution is 0.236. The fourth-order valence-corrected chi connectivity index (χ4v) is 1.39. The molecule has 1 aromatic heterocycles. The van der Waals surface area contributed by atoms with Crippen molar-refractivity contribution in [2.75, 3.05) is 6.61 Å². The summed E-state index contributed by atoms with van der Waals surface area (Å²) in [7, 11) is 0. The first kappa shape index (κ1) is 9.01. The van der Waals surface area contributed by atoms with Gasteiger partial charge >= 0.3 is 0 Å². The van der Waals surface area contributed by atoms with Crippen LogP contribution in [0.4, 0.5) is 0 Å². The van der Waals surface area contributed by atoms with E-state index in [0.29, 0.717) is 13.0 Å². The average molecular weight is 188 g/mol. The van der Waals surface area contributed by atoms with E-state index >= 15 is 0 Å². The molecule has 1 aromatic rings. The van der Waals surface area contributed by atoms with Gasteiger partial charge in [0.1, 0.15) is 5.75 Å². The number of pyridine rings is 1. The summed E-state index contributed by atoms with van der Waals surface area (Å²) < 4.78 is 5.57. The summed E-state index contributed by atoms with van der Waals surface area (Å²) in [6.45, 7) is 0.645. The Bertz CT molecular complexity index is 338. The molecule has 0 amide bonds. The molecule has 3 nitrogen and oxygen atoms in total. The number of nitriles is 1. The molecule has 2 rings (SSSR count). The molecular formula is C11H12N2O. The number of ether oxygens (including phenoxy) is 1. The van der Waals surface area contributed by atoms with E-state index in [2.05, 4.69) is 11.1 Å². The normalized spacial score (nSPS) is 17.1. The van der Waals surface area contributed by atoms with Crippen LogP contribution in [0.25, 0.3) is 0 Å². The largest absolute Gasteiger partial charge is 0.491 e. The molecule has 1 fully saturated rings. The van der Waals surface area contributed by atoms with Crippen molar-refractivity contribution in [2.24, 2.45) is 5.41 Å². The first-order valence-corrected chi connectivity index (χ1v) is 4.74. The second kappa shape index (κ2) is 3.67. The van der Waals surface area contributed by atoms with Gasteiger partial charge in [-0.1, -0.05) is 0 Å².